The van der Waals surface area contributed by atoms with E-state index in [1.54, 1.807) is 21.7 Å². The first-order valence-electron chi connectivity index (χ1n) is 14.6. The Hall–Kier alpha value is -2.84. The molecule has 42 heavy (non-hydrogen) atoms. The van der Waals surface area contributed by atoms with Gasteiger partial charge >= 0.3 is 0 Å². The number of amides is 2. The minimum absolute atomic E-state index is 0.0222. The van der Waals surface area contributed by atoms with Crippen molar-refractivity contribution < 1.29 is 9.59 Å². The highest BCUT2D eigenvalue weighted by Gasteiger charge is 2.65. The fourth-order valence-electron chi connectivity index (χ4n) is 6.98. The van der Waals surface area contributed by atoms with Gasteiger partial charge in [-0.3, -0.25) is 14.5 Å². The SMILES string of the molecule is CCC(=O)N(C1=NN(C(=O)CC)C2(S1)C1CCCC2C(c2ccccc2Cl)NC1c1ccccc1Cl)c1ccccc1. The number of anilines is 1. The third-order valence-electron chi connectivity index (χ3n) is 8.80. The normalized spacial score (nSPS) is 26.7. The molecule has 1 aliphatic carbocycles. The summed E-state index contributed by atoms with van der Waals surface area (Å²) in [6, 6.07) is 25.1. The predicted molar refractivity (Wildman–Crippen MR) is 171 cm³/mol. The summed E-state index contributed by atoms with van der Waals surface area (Å²) < 4.78 is 0. The minimum atomic E-state index is -0.749. The van der Waals surface area contributed by atoms with Crippen LogP contribution in [0.2, 0.25) is 10.0 Å². The number of halogens is 2. The van der Waals surface area contributed by atoms with Gasteiger partial charge in [0.15, 0.2) is 5.17 Å². The summed E-state index contributed by atoms with van der Waals surface area (Å²) in [4.78, 5) is 28.4. The number of hydrazone groups is 1. The molecule has 2 fully saturated rings. The molecule has 218 valence electrons. The predicted octanol–water partition coefficient (Wildman–Crippen LogP) is 8.19. The Morgan fingerprint density at radius 2 is 1.43 bits per heavy atom. The van der Waals surface area contributed by atoms with Crippen LogP contribution in [0, 0.1) is 11.8 Å². The van der Waals surface area contributed by atoms with Gasteiger partial charge in [-0.1, -0.05) is 110 Å². The van der Waals surface area contributed by atoms with Crippen LogP contribution in [0.5, 0.6) is 0 Å². The van der Waals surface area contributed by atoms with E-state index in [-0.39, 0.29) is 35.7 Å². The van der Waals surface area contributed by atoms with E-state index in [1.807, 2.05) is 80.6 Å². The van der Waals surface area contributed by atoms with Crippen LogP contribution in [0.4, 0.5) is 5.69 Å². The molecule has 2 heterocycles. The minimum Gasteiger partial charge on any atom is -0.302 e. The number of rotatable bonds is 5. The number of carbonyl (C=O) groups is 2. The van der Waals surface area contributed by atoms with Crippen LogP contribution in [0.15, 0.2) is 84.0 Å². The molecule has 9 heteroatoms. The molecule has 0 radical (unpaired) electrons. The summed E-state index contributed by atoms with van der Waals surface area (Å²) in [6.45, 7) is 3.72. The first-order chi connectivity index (χ1) is 20.4. The van der Waals surface area contributed by atoms with Crippen LogP contribution < -0.4 is 10.2 Å². The molecule has 1 saturated carbocycles. The van der Waals surface area contributed by atoms with Crippen LogP contribution in [0.25, 0.3) is 0 Å². The van der Waals surface area contributed by atoms with Crippen molar-refractivity contribution in [1.82, 2.24) is 10.3 Å². The average molecular weight is 622 g/mol. The van der Waals surface area contributed by atoms with Gasteiger partial charge in [-0.15, -0.1) is 5.10 Å². The second-order valence-corrected chi connectivity index (χ2v) is 13.1. The van der Waals surface area contributed by atoms with Gasteiger partial charge in [0.05, 0.1) is 5.69 Å². The lowest BCUT2D eigenvalue weighted by Crippen LogP contribution is -2.65. The highest BCUT2D eigenvalue weighted by molar-refractivity contribution is 8.15. The molecule has 2 aliphatic heterocycles. The zero-order valence-corrected chi connectivity index (χ0v) is 26.0. The molecular weight excluding hydrogens is 587 g/mol. The molecule has 2 amide bonds. The molecule has 4 unspecified atom stereocenters. The molecule has 2 bridgehead atoms. The Morgan fingerprint density at radius 1 is 0.881 bits per heavy atom. The number of carbonyl (C=O) groups excluding carboxylic acids is 2. The van der Waals surface area contributed by atoms with E-state index < -0.39 is 4.87 Å². The van der Waals surface area contributed by atoms with Gasteiger partial charge in [0, 0.05) is 46.8 Å². The number of hydrogen-bond donors (Lipinski definition) is 1. The lowest BCUT2D eigenvalue weighted by molar-refractivity contribution is -0.142. The van der Waals surface area contributed by atoms with Crippen molar-refractivity contribution in [2.24, 2.45) is 16.9 Å². The molecule has 3 aliphatic rings. The number of piperidine rings is 1. The fourth-order valence-corrected chi connectivity index (χ4v) is 9.24. The zero-order chi connectivity index (χ0) is 29.4. The summed E-state index contributed by atoms with van der Waals surface area (Å²) in [6.07, 6.45) is 3.37. The topological polar surface area (TPSA) is 65.0 Å². The molecule has 3 aromatic rings. The zero-order valence-electron chi connectivity index (χ0n) is 23.7. The van der Waals surface area contributed by atoms with E-state index in [9.17, 15) is 9.59 Å². The van der Waals surface area contributed by atoms with Crippen molar-refractivity contribution in [3.05, 3.63) is 100 Å². The summed E-state index contributed by atoms with van der Waals surface area (Å²) >= 11 is 15.3. The Bertz CT molecular complexity index is 1460. The summed E-state index contributed by atoms with van der Waals surface area (Å²) in [5.41, 5.74) is 2.72. The van der Waals surface area contributed by atoms with E-state index in [4.69, 9.17) is 28.3 Å². The number of benzene rings is 3. The maximum atomic E-state index is 13.9. The van der Waals surface area contributed by atoms with Crippen molar-refractivity contribution in [3.8, 4) is 0 Å². The summed E-state index contributed by atoms with van der Waals surface area (Å²) in [7, 11) is 0. The Kier molecular flexibility index (Phi) is 8.38. The van der Waals surface area contributed by atoms with Gasteiger partial charge in [0.2, 0.25) is 11.8 Å². The Balaban J connectivity index is 1.56. The van der Waals surface area contributed by atoms with E-state index in [2.05, 4.69) is 17.4 Å². The first-order valence-corrected chi connectivity index (χ1v) is 16.2. The van der Waals surface area contributed by atoms with Crippen molar-refractivity contribution in [2.75, 3.05) is 4.90 Å². The average Bonchev–Trinajstić information content (AvgIpc) is 3.37. The highest BCUT2D eigenvalue weighted by atomic mass is 35.5. The molecule has 0 aromatic heterocycles. The maximum Gasteiger partial charge on any atom is 0.243 e. The monoisotopic (exact) mass is 620 g/mol. The third-order valence-corrected chi connectivity index (χ3v) is 11.0. The van der Waals surface area contributed by atoms with E-state index in [0.29, 0.717) is 28.1 Å². The van der Waals surface area contributed by atoms with E-state index in [0.717, 1.165) is 36.1 Å². The smallest absolute Gasteiger partial charge is 0.243 e. The maximum absolute atomic E-state index is 13.9. The van der Waals surface area contributed by atoms with Gasteiger partial charge in [0.25, 0.3) is 0 Å². The van der Waals surface area contributed by atoms with Crippen LogP contribution in [0.1, 0.15) is 69.2 Å². The molecule has 1 N–H and O–H groups in total. The van der Waals surface area contributed by atoms with Crippen molar-refractivity contribution in [3.63, 3.8) is 0 Å². The lowest BCUT2D eigenvalue weighted by Gasteiger charge is -2.59. The number of para-hydroxylation sites is 1. The van der Waals surface area contributed by atoms with Crippen molar-refractivity contribution in [2.45, 2.75) is 62.9 Å². The molecule has 4 atom stereocenters. The second-order valence-electron chi connectivity index (χ2n) is 11.0. The fraction of sp³-hybridized carbons (Fsp3) is 0.364. The van der Waals surface area contributed by atoms with E-state index >= 15 is 0 Å². The number of hydrogen-bond acceptors (Lipinski definition) is 5. The Morgan fingerprint density at radius 3 is 1.95 bits per heavy atom. The number of nitrogens with zero attached hydrogens (tertiary/aromatic N) is 3. The van der Waals surface area contributed by atoms with Crippen LogP contribution in [-0.4, -0.2) is 26.9 Å². The highest BCUT2D eigenvalue weighted by Crippen LogP contribution is 2.64. The molecule has 6 nitrogen and oxygen atoms in total. The molecule has 1 spiro atoms. The first kappa shape index (κ1) is 29.2. The van der Waals surface area contributed by atoms with Gasteiger partial charge in [0.1, 0.15) is 4.87 Å². The number of thioether (sulfide) groups is 1. The van der Waals surface area contributed by atoms with Gasteiger partial charge in [-0.25, -0.2) is 5.01 Å². The molecular formula is C33H34Cl2N4O2S. The summed E-state index contributed by atoms with van der Waals surface area (Å²) in [5.74, 6) is -0.182. The van der Waals surface area contributed by atoms with E-state index in [1.165, 1.54) is 0 Å². The standard InChI is InChI=1S/C33H34Cl2N4O2S/c1-3-28(40)38(21-13-6-5-7-14-21)32-37-39(29(41)4-2)33(42-32)24-17-12-18-25(33)31(23-16-9-11-20-27(23)35)36-30(24)22-15-8-10-19-26(22)34/h5-11,13-16,19-20,24-25,30-31,36H,3-4,12,17-18H2,1-2H3. The van der Waals surface area contributed by atoms with Crippen LogP contribution >= 0.6 is 35.0 Å². The van der Waals surface area contributed by atoms with Crippen LogP contribution in [0.3, 0.4) is 0 Å². The quantitative estimate of drug-likeness (QED) is 0.312. The van der Waals surface area contributed by atoms with Crippen molar-refractivity contribution >= 4 is 57.6 Å². The number of nitrogens with one attached hydrogen (secondary N) is 1. The largest absolute Gasteiger partial charge is 0.302 e. The second kappa shape index (κ2) is 12.0. The van der Waals surface area contributed by atoms with Gasteiger partial charge in [-0.05, 0) is 48.2 Å². The summed E-state index contributed by atoms with van der Waals surface area (Å²) in [5, 5.41) is 12.6. The lowest BCUT2D eigenvalue weighted by atomic mass is 9.64. The molecule has 1 saturated heterocycles. The molecule has 3 aromatic carbocycles. The van der Waals surface area contributed by atoms with Gasteiger partial charge in [-0.2, -0.15) is 0 Å². The van der Waals surface area contributed by atoms with Crippen LogP contribution in [-0.2, 0) is 9.59 Å². The number of amidine groups is 1. The van der Waals surface area contributed by atoms with Gasteiger partial charge < -0.3 is 5.32 Å². The molecule has 6 rings (SSSR count). The Labute approximate surface area is 261 Å². The van der Waals surface area contributed by atoms with Crippen molar-refractivity contribution in [1.29, 1.82) is 0 Å². The third kappa shape index (κ3) is 4.84.